The maximum atomic E-state index is 13.1. The van der Waals surface area contributed by atoms with Crippen LogP contribution in [0.1, 0.15) is 29.9 Å². The lowest BCUT2D eigenvalue weighted by molar-refractivity contribution is -0.137. The molecule has 2 aromatic rings. The number of para-hydroxylation sites is 1. The number of alkyl halides is 3. The average molecular weight is 390 g/mol. The van der Waals surface area contributed by atoms with E-state index in [-0.39, 0.29) is 41.8 Å². The molecule has 1 aliphatic rings. The highest BCUT2D eigenvalue weighted by Gasteiger charge is 2.35. The van der Waals surface area contributed by atoms with E-state index in [2.05, 4.69) is 15.6 Å². The van der Waals surface area contributed by atoms with Gasteiger partial charge in [-0.15, -0.1) is 17.5 Å². The molecule has 2 atom stereocenters. The quantitative estimate of drug-likeness (QED) is 0.857. The highest BCUT2D eigenvalue weighted by atomic mass is 35.5. The Hall–Kier alpha value is -2.13. The number of rotatable bonds is 2. The summed E-state index contributed by atoms with van der Waals surface area (Å²) in [6.45, 7) is 5.05. The van der Waals surface area contributed by atoms with Crippen LogP contribution in [0.3, 0.4) is 0 Å². The molecule has 1 aliphatic heterocycles. The largest absolute Gasteiger partial charge is 0.418 e. The maximum absolute atomic E-state index is 13.1. The first-order chi connectivity index (χ1) is 11.8. The highest BCUT2D eigenvalue weighted by Crippen LogP contribution is 2.33. The van der Waals surface area contributed by atoms with Gasteiger partial charge in [0.25, 0.3) is 5.91 Å². The maximum Gasteiger partial charge on any atom is 0.418 e. The predicted molar refractivity (Wildman–Crippen MR) is 91.6 cm³/mol. The molecule has 10 heteroatoms. The number of benzene rings is 1. The first-order valence-corrected chi connectivity index (χ1v) is 7.92. The molecule has 1 N–H and O–H groups in total. The van der Waals surface area contributed by atoms with Gasteiger partial charge in [-0.3, -0.25) is 4.79 Å². The minimum absolute atomic E-state index is 0. The first kappa shape index (κ1) is 20.2. The summed E-state index contributed by atoms with van der Waals surface area (Å²) in [7, 11) is 0. The number of carbonyl (C=O) groups is 1. The number of nitrogens with zero attached hydrogens (tertiary/aromatic N) is 4. The van der Waals surface area contributed by atoms with Crippen LogP contribution in [0.2, 0.25) is 0 Å². The van der Waals surface area contributed by atoms with Gasteiger partial charge in [0.1, 0.15) is 0 Å². The SMILES string of the molecule is CC1NCCN(C(=O)c2cn(-c3ccccc3C(F)(F)F)nn2)C1C.Cl. The van der Waals surface area contributed by atoms with Crippen molar-refractivity contribution in [1.82, 2.24) is 25.2 Å². The van der Waals surface area contributed by atoms with Gasteiger partial charge >= 0.3 is 6.18 Å². The number of hydrogen-bond donors (Lipinski definition) is 1. The molecule has 2 unspecified atom stereocenters. The molecule has 142 valence electrons. The summed E-state index contributed by atoms with van der Waals surface area (Å²) in [6, 6.07) is 5.12. The van der Waals surface area contributed by atoms with E-state index in [4.69, 9.17) is 0 Å². The Morgan fingerprint density at radius 3 is 2.65 bits per heavy atom. The zero-order chi connectivity index (χ0) is 18.2. The van der Waals surface area contributed by atoms with Gasteiger partial charge in [-0.2, -0.15) is 13.2 Å². The summed E-state index contributed by atoms with van der Waals surface area (Å²) in [5, 5.41) is 10.8. The van der Waals surface area contributed by atoms with Crippen molar-refractivity contribution in [3.63, 3.8) is 0 Å². The Kier molecular flexibility index (Phi) is 5.92. The van der Waals surface area contributed by atoms with E-state index in [0.29, 0.717) is 13.1 Å². The van der Waals surface area contributed by atoms with Gasteiger partial charge in [-0.1, -0.05) is 17.3 Å². The zero-order valence-electron chi connectivity index (χ0n) is 14.2. The van der Waals surface area contributed by atoms with Crippen LogP contribution in [0.4, 0.5) is 13.2 Å². The third-order valence-electron chi connectivity index (χ3n) is 4.46. The normalized spacial score (nSPS) is 20.6. The van der Waals surface area contributed by atoms with Gasteiger partial charge < -0.3 is 10.2 Å². The van der Waals surface area contributed by atoms with Crippen molar-refractivity contribution in [1.29, 1.82) is 0 Å². The summed E-state index contributed by atoms with van der Waals surface area (Å²) in [5.41, 5.74) is -0.968. The summed E-state index contributed by atoms with van der Waals surface area (Å²) in [6.07, 6.45) is -3.28. The molecule has 1 aromatic heterocycles. The Morgan fingerprint density at radius 1 is 1.27 bits per heavy atom. The summed E-state index contributed by atoms with van der Waals surface area (Å²) in [5.74, 6) is -0.336. The van der Waals surface area contributed by atoms with Crippen LogP contribution < -0.4 is 5.32 Å². The Balaban J connectivity index is 0.00000243. The molecular formula is C16H19ClF3N5O. The van der Waals surface area contributed by atoms with Crippen LogP contribution in [-0.4, -0.2) is 51.0 Å². The fourth-order valence-electron chi connectivity index (χ4n) is 2.88. The van der Waals surface area contributed by atoms with E-state index in [1.165, 1.54) is 24.4 Å². The lowest BCUT2D eigenvalue weighted by atomic mass is 10.1. The summed E-state index contributed by atoms with van der Waals surface area (Å²) in [4.78, 5) is 14.3. The minimum atomic E-state index is -4.52. The predicted octanol–water partition coefficient (Wildman–Crippen LogP) is 2.53. The van der Waals surface area contributed by atoms with Crippen LogP contribution in [0.25, 0.3) is 5.69 Å². The molecule has 1 saturated heterocycles. The van der Waals surface area contributed by atoms with E-state index in [1.807, 2.05) is 13.8 Å². The third kappa shape index (κ3) is 3.83. The Bertz CT molecular complexity index is 779. The smallest absolute Gasteiger partial charge is 0.332 e. The van der Waals surface area contributed by atoms with Gasteiger partial charge in [0, 0.05) is 25.2 Å². The average Bonchev–Trinajstić information content (AvgIpc) is 3.06. The van der Waals surface area contributed by atoms with Crippen molar-refractivity contribution in [2.75, 3.05) is 13.1 Å². The van der Waals surface area contributed by atoms with E-state index in [1.54, 1.807) is 4.90 Å². The number of piperazine rings is 1. The number of hydrogen-bond acceptors (Lipinski definition) is 4. The fourth-order valence-corrected chi connectivity index (χ4v) is 2.88. The standard InChI is InChI=1S/C16H18F3N5O.ClH/c1-10-11(2)23(8-7-20-10)15(25)13-9-24(22-21-13)14-6-4-3-5-12(14)16(17,18)19;/h3-6,9-11,20H,7-8H2,1-2H3;1H. The monoisotopic (exact) mass is 389 g/mol. The molecule has 0 saturated carbocycles. The molecule has 0 aliphatic carbocycles. The Labute approximate surface area is 154 Å². The van der Waals surface area contributed by atoms with E-state index < -0.39 is 11.7 Å². The Morgan fingerprint density at radius 2 is 1.96 bits per heavy atom. The van der Waals surface area contributed by atoms with E-state index in [0.717, 1.165) is 10.7 Å². The molecule has 6 nitrogen and oxygen atoms in total. The molecular weight excluding hydrogens is 371 g/mol. The summed E-state index contributed by atoms with van der Waals surface area (Å²) < 4.78 is 40.4. The zero-order valence-corrected chi connectivity index (χ0v) is 15.0. The van der Waals surface area contributed by atoms with E-state index >= 15 is 0 Å². The molecule has 0 bridgehead atoms. The second-order valence-corrected chi connectivity index (χ2v) is 6.05. The lowest BCUT2D eigenvalue weighted by Gasteiger charge is -2.38. The number of carbonyl (C=O) groups excluding carboxylic acids is 1. The van der Waals surface area contributed by atoms with Crippen molar-refractivity contribution in [2.45, 2.75) is 32.1 Å². The van der Waals surface area contributed by atoms with Crippen molar-refractivity contribution in [3.05, 3.63) is 41.7 Å². The number of nitrogens with one attached hydrogen (secondary N) is 1. The van der Waals surface area contributed by atoms with Crippen LogP contribution in [0.5, 0.6) is 0 Å². The molecule has 1 aromatic carbocycles. The number of halogens is 4. The number of aromatic nitrogens is 3. The van der Waals surface area contributed by atoms with Crippen LogP contribution >= 0.6 is 12.4 Å². The van der Waals surface area contributed by atoms with Crippen LogP contribution in [0, 0.1) is 0 Å². The topological polar surface area (TPSA) is 63.1 Å². The highest BCUT2D eigenvalue weighted by molar-refractivity contribution is 5.92. The molecule has 0 radical (unpaired) electrons. The first-order valence-electron chi connectivity index (χ1n) is 7.92. The van der Waals surface area contributed by atoms with Gasteiger partial charge in [0.2, 0.25) is 0 Å². The van der Waals surface area contributed by atoms with E-state index in [9.17, 15) is 18.0 Å². The minimum Gasteiger partial charge on any atom is -0.332 e. The van der Waals surface area contributed by atoms with Gasteiger partial charge in [0.05, 0.1) is 17.4 Å². The third-order valence-corrected chi connectivity index (χ3v) is 4.46. The molecule has 3 rings (SSSR count). The molecule has 1 fully saturated rings. The van der Waals surface area contributed by atoms with Crippen molar-refractivity contribution in [3.8, 4) is 5.69 Å². The lowest BCUT2D eigenvalue weighted by Crippen LogP contribution is -2.57. The van der Waals surface area contributed by atoms with Gasteiger partial charge in [-0.05, 0) is 26.0 Å². The fraction of sp³-hybridized carbons (Fsp3) is 0.438. The summed E-state index contributed by atoms with van der Waals surface area (Å²) >= 11 is 0. The van der Waals surface area contributed by atoms with Crippen molar-refractivity contribution < 1.29 is 18.0 Å². The number of amides is 1. The van der Waals surface area contributed by atoms with Crippen LogP contribution in [-0.2, 0) is 6.18 Å². The van der Waals surface area contributed by atoms with Gasteiger partial charge in [-0.25, -0.2) is 4.68 Å². The molecule has 0 spiro atoms. The van der Waals surface area contributed by atoms with Gasteiger partial charge in [0.15, 0.2) is 5.69 Å². The second kappa shape index (κ2) is 7.63. The molecule has 26 heavy (non-hydrogen) atoms. The second-order valence-electron chi connectivity index (χ2n) is 6.05. The van der Waals surface area contributed by atoms with Crippen molar-refractivity contribution in [2.24, 2.45) is 0 Å². The van der Waals surface area contributed by atoms with Crippen molar-refractivity contribution >= 4 is 18.3 Å². The van der Waals surface area contributed by atoms with Crippen LogP contribution in [0.15, 0.2) is 30.5 Å². The molecule has 1 amide bonds. The molecule has 2 heterocycles.